The van der Waals surface area contributed by atoms with Crippen LogP contribution in [0.2, 0.25) is 0 Å². The predicted molar refractivity (Wildman–Crippen MR) is 525 cm³/mol. The summed E-state index contributed by atoms with van der Waals surface area (Å²) in [5, 5.41) is 116. The molecule has 0 saturated carbocycles. The minimum atomic E-state index is -2.01. The third-order valence-corrected chi connectivity index (χ3v) is 22.5. The Labute approximate surface area is 846 Å². The molecule has 0 aromatic heterocycles. The van der Waals surface area contributed by atoms with Crippen LogP contribution >= 0.6 is 11.8 Å². The molecule has 41 N–H and O–H groups in total. The van der Waals surface area contributed by atoms with Crippen LogP contribution < -0.4 is 146 Å². The first-order valence-electron chi connectivity index (χ1n) is 47.2. The summed E-state index contributed by atoms with van der Waals surface area (Å²) in [4.78, 5) is 298. The zero-order chi connectivity index (χ0) is 110. The first kappa shape index (κ1) is 128. The zero-order valence-electron chi connectivity index (χ0n) is 82.4. The van der Waals surface area contributed by atoms with Gasteiger partial charge in [-0.05, 0) is 153 Å². The summed E-state index contributed by atoms with van der Waals surface area (Å²) in [5.41, 5.74) is 40.1. The van der Waals surface area contributed by atoms with Crippen LogP contribution in [0.5, 0.6) is 0 Å². The summed E-state index contributed by atoms with van der Waals surface area (Å²) in [6, 6.07) is -9.68. The molecule has 57 heteroatoms. The first-order chi connectivity index (χ1) is 69.1. The fourth-order valence-electron chi connectivity index (χ4n) is 13.7. The highest BCUT2D eigenvalue weighted by molar-refractivity contribution is 7.98. The Bertz CT molecular complexity index is 4650. The Balaban J connectivity index is 2.33. The summed E-state index contributed by atoms with van der Waals surface area (Å²) in [5.74, 6) is -24.6. The Hall–Kier alpha value is -14.0. The van der Waals surface area contributed by atoms with Crippen molar-refractivity contribution in [2.24, 2.45) is 46.1 Å². The van der Waals surface area contributed by atoms with Crippen LogP contribution in [0.4, 0.5) is 0 Å². The number of unbranched alkanes of at least 4 members (excludes halogenated alkanes) is 3. The first-order valence-corrected chi connectivity index (χ1v) is 48.6. The number of amides is 21. The van der Waals surface area contributed by atoms with Crippen molar-refractivity contribution < 1.29 is 136 Å². The van der Waals surface area contributed by atoms with Gasteiger partial charge < -0.3 is 177 Å². The number of guanidine groups is 1. The molecule has 146 heavy (non-hydrogen) atoms. The summed E-state index contributed by atoms with van der Waals surface area (Å²) >= 11 is 1.25. The van der Waals surface area contributed by atoms with Gasteiger partial charge in [0.25, 0.3) is 0 Å². The Morgan fingerprint density at radius 3 is 1.08 bits per heavy atom. The zero-order valence-corrected chi connectivity index (χ0v) is 83.2. The van der Waals surface area contributed by atoms with Gasteiger partial charge in [-0.1, -0.05) is 74.5 Å². The molecule has 0 aliphatic carbocycles. The number of carbonyl (C=O) groups excluding carboxylic acids is 21. The van der Waals surface area contributed by atoms with Crippen molar-refractivity contribution in [3.8, 4) is 0 Å². The van der Waals surface area contributed by atoms with E-state index in [-0.39, 0.29) is 109 Å². The molecule has 0 saturated heterocycles. The third-order valence-electron chi connectivity index (χ3n) is 21.8. The average molecular weight is 2090 g/mol. The summed E-state index contributed by atoms with van der Waals surface area (Å²) < 4.78 is 0. The van der Waals surface area contributed by atoms with Gasteiger partial charge in [-0.2, -0.15) is 11.8 Å². The number of hydrogen-bond donors (Lipinski definition) is 34. The molecule has 2 aromatic carbocycles. The van der Waals surface area contributed by atoms with E-state index in [9.17, 15) is 136 Å². The topological polar surface area (TPSA) is 944 Å². The largest absolute Gasteiger partial charge is 0.480 e. The molecule has 0 unspecified atom stereocenters. The van der Waals surface area contributed by atoms with Crippen LogP contribution in [-0.4, -0.2) is 360 Å². The number of carboxylic acid groups (broad SMARTS) is 1. The maximum absolute atomic E-state index is 14.7. The van der Waals surface area contributed by atoms with Crippen molar-refractivity contribution >= 4 is 148 Å². The van der Waals surface area contributed by atoms with E-state index in [1.165, 1.54) is 32.5 Å². The van der Waals surface area contributed by atoms with Crippen LogP contribution in [0.25, 0.3) is 0 Å². The molecule has 0 fully saturated rings. The van der Waals surface area contributed by atoms with E-state index < -0.39 is 316 Å². The Morgan fingerprint density at radius 2 is 0.671 bits per heavy atom. The van der Waals surface area contributed by atoms with Crippen molar-refractivity contribution in [2.45, 2.75) is 253 Å². The third kappa shape index (κ3) is 50.5. The molecule has 0 heterocycles. The number of aliphatic carboxylic acids is 1. The van der Waals surface area contributed by atoms with E-state index in [0.29, 0.717) is 24.0 Å². The number of aliphatic hydroxyl groups is 5. The van der Waals surface area contributed by atoms with E-state index >= 15 is 0 Å². The number of thioether (sulfide) groups is 1. The second-order valence-electron chi connectivity index (χ2n) is 34.4. The lowest BCUT2D eigenvalue weighted by atomic mass is 10.0. The molecule has 2 rings (SSSR count). The van der Waals surface area contributed by atoms with E-state index in [1.807, 2.05) is 0 Å². The Morgan fingerprint density at radius 1 is 0.336 bits per heavy atom. The van der Waals surface area contributed by atoms with E-state index in [1.54, 1.807) is 66.9 Å². The standard InChI is InChI=1S/C89H146N28O28S/c1-46(2)70(115-68(127)41-100-76(132)61(38-65(95)124)105-67(126)39-99-75(131)59(111-74(130)52(93)43-118)36-50-20-9-7-10-21-50)85(141)101-42-69(128)116-71(48(4)121)86(142)102-40-66(125)104-58(30-35-146-6)81(137)107-54(25-14-17-32-91)78(134)108-55(26-15-18-33-92)82(138)117-72(49(5)122)87(143)113-62(44-119)84(140)112-60(37-51-22-11-8-12-23-51)83(139)110-57(28-29-64(94)123)80(136)109-56(27-19-34-98-89(96)97)77(133)103-47(3)73(129)106-53(24-13-16-31-90)79(135)114-63(45-120)88(144)145/h7-12,20-23,46-49,52-63,70-72,118-122H,13-19,24-45,90-93H2,1-6H3,(H2,94,123)(H2,95,124)(H,99,131)(H,100,132)(H,101,141)(H,102,142)(H,103,133)(H,104,125)(H,105,126)(H,106,129)(H,107,137)(H,108,134)(H,109,136)(H,110,139)(H,111,130)(H,112,140)(H,113,143)(H,114,135)(H,115,127)(H,116,128)(H,117,138)(H,144,145)(H4,96,97,98)/t47-,48+,49+,52-,53-,54-,55-,56-,57-,58-,59-,60-,61-,62-,63-,70-,71-,72-/m0/s1. The number of nitrogens with two attached hydrogens (primary N) is 7. The SMILES string of the molecule is CSCC[C@H](NC(=O)CNC(=O)[C@@H](NC(=O)CNC(=O)[C@@H](NC(=O)CNC(=O)[C@H](CC(N)=O)NC(=O)CNC(=O)[C@H](Cc1ccccc1)NC(=O)[C@@H](N)CO)C(C)C)[C@@H](C)O)C(=O)N[C@@H](CCCCN)C(=O)N[C@@H](CCCCN)C(=O)N[C@H](C(=O)N[C@@H](CO)C(=O)N[C@@H](Cc1ccccc1)C(=O)N[C@@H](CCC(N)=O)C(=O)N[C@@H](CCCNC(=N)N)C(=O)N[C@@H](C)C(=O)N[C@@H](CCCCN)C(=O)N[C@@H](CO)C(=O)O)[C@@H](C)O. The molecular weight excluding hydrogens is 1940 g/mol. The average Bonchev–Trinajstić information content (AvgIpc) is 0.794. The summed E-state index contributed by atoms with van der Waals surface area (Å²) in [6.07, 6.45) is -3.42. The smallest absolute Gasteiger partial charge is 0.328 e. The number of carboxylic acids is 1. The minimum Gasteiger partial charge on any atom is -0.480 e. The van der Waals surface area contributed by atoms with Gasteiger partial charge in [-0.3, -0.25) is 106 Å². The highest BCUT2D eigenvalue weighted by atomic mass is 32.2. The predicted octanol–water partition coefficient (Wildman–Crippen LogP) is -14.4. The van der Waals surface area contributed by atoms with Crippen LogP contribution in [-0.2, 0) is 118 Å². The number of benzene rings is 2. The molecule has 816 valence electrons. The minimum absolute atomic E-state index is 0.00271. The maximum atomic E-state index is 14.7. The second-order valence-corrected chi connectivity index (χ2v) is 35.3. The fraction of sp³-hybridized carbons (Fsp3) is 0.607. The molecule has 21 amide bonds. The normalized spacial score (nSPS) is 14.7. The number of nitrogens with one attached hydrogen (secondary N) is 21. The van der Waals surface area contributed by atoms with Crippen molar-refractivity contribution in [3.05, 3.63) is 71.8 Å². The van der Waals surface area contributed by atoms with Crippen molar-refractivity contribution in [3.63, 3.8) is 0 Å². The molecule has 2 aromatic rings. The highest BCUT2D eigenvalue weighted by Crippen LogP contribution is 2.15. The van der Waals surface area contributed by atoms with Gasteiger partial charge in [0.2, 0.25) is 124 Å². The lowest BCUT2D eigenvalue weighted by molar-refractivity contribution is -0.143. The van der Waals surface area contributed by atoms with Crippen molar-refractivity contribution in [2.75, 3.05) is 84.2 Å². The van der Waals surface area contributed by atoms with Crippen LogP contribution in [0, 0.1) is 11.3 Å². The molecule has 0 aliphatic rings. The number of primary amides is 2. The van der Waals surface area contributed by atoms with Crippen LogP contribution in [0.1, 0.15) is 142 Å². The summed E-state index contributed by atoms with van der Waals surface area (Å²) in [7, 11) is 0. The molecule has 18 atom stereocenters. The molecule has 0 aliphatic heterocycles. The van der Waals surface area contributed by atoms with Crippen LogP contribution in [0.3, 0.4) is 0 Å². The molecule has 0 radical (unpaired) electrons. The molecular formula is C89H146N28O28S. The van der Waals surface area contributed by atoms with E-state index in [0.717, 1.165) is 13.8 Å². The highest BCUT2D eigenvalue weighted by Gasteiger charge is 2.40. The van der Waals surface area contributed by atoms with Gasteiger partial charge >= 0.3 is 5.97 Å². The van der Waals surface area contributed by atoms with Gasteiger partial charge in [0.15, 0.2) is 5.96 Å². The number of rotatable bonds is 73. The lowest BCUT2D eigenvalue weighted by Gasteiger charge is -2.29. The second kappa shape index (κ2) is 69.9. The summed E-state index contributed by atoms with van der Waals surface area (Å²) in [6.45, 7) is 0.315. The van der Waals surface area contributed by atoms with Gasteiger partial charge in [0, 0.05) is 25.8 Å². The molecule has 0 bridgehead atoms. The van der Waals surface area contributed by atoms with Gasteiger partial charge in [-0.25, -0.2) is 4.79 Å². The van der Waals surface area contributed by atoms with Gasteiger partial charge in [-0.15, -0.1) is 0 Å². The van der Waals surface area contributed by atoms with Gasteiger partial charge in [0.1, 0.15) is 96.7 Å². The Kier molecular flexibility index (Phi) is 61.3. The molecule has 0 spiro atoms. The van der Waals surface area contributed by atoms with Gasteiger partial charge in [0.05, 0.1) is 64.6 Å². The molecule has 56 nitrogen and oxygen atoms in total. The number of hydrogen-bond acceptors (Lipinski definition) is 33. The monoisotopic (exact) mass is 2090 g/mol. The maximum Gasteiger partial charge on any atom is 0.328 e. The quantitative estimate of drug-likeness (QED) is 0.0166. The van der Waals surface area contributed by atoms with Crippen molar-refractivity contribution in [1.82, 2.24) is 106 Å². The van der Waals surface area contributed by atoms with E-state index in [4.69, 9.17) is 45.5 Å². The number of carbonyl (C=O) groups is 22. The number of aliphatic hydroxyl groups excluding tert-OH is 5. The van der Waals surface area contributed by atoms with Crippen molar-refractivity contribution in [1.29, 1.82) is 5.41 Å². The fourth-order valence-corrected chi connectivity index (χ4v) is 14.1. The van der Waals surface area contributed by atoms with Crippen LogP contribution in [0.15, 0.2) is 60.7 Å². The lowest BCUT2D eigenvalue weighted by Crippen LogP contribution is -2.62. The van der Waals surface area contributed by atoms with E-state index in [2.05, 4.69) is 106 Å².